The lowest BCUT2D eigenvalue weighted by Gasteiger charge is -2.36. The molecule has 1 aromatic rings. The fourth-order valence-electron chi connectivity index (χ4n) is 2.45. The molecule has 21 heavy (non-hydrogen) atoms. The SMILES string of the molecule is CC(C(=O)O)N1CCN(Cc2ccc(C#N)cc2Cl)CC1. The van der Waals surface area contributed by atoms with Crippen LogP contribution >= 0.6 is 11.6 Å². The highest BCUT2D eigenvalue weighted by Gasteiger charge is 2.25. The highest BCUT2D eigenvalue weighted by atomic mass is 35.5. The largest absolute Gasteiger partial charge is 0.480 e. The number of halogens is 1. The summed E-state index contributed by atoms with van der Waals surface area (Å²) < 4.78 is 0. The minimum Gasteiger partial charge on any atom is -0.480 e. The molecule has 0 bridgehead atoms. The number of piperazine rings is 1. The van der Waals surface area contributed by atoms with Gasteiger partial charge in [-0.2, -0.15) is 5.26 Å². The molecule has 6 heteroatoms. The third kappa shape index (κ3) is 3.94. The van der Waals surface area contributed by atoms with Crippen LogP contribution in [0, 0.1) is 11.3 Å². The normalized spacial score (nSPS) is 18.1. The Balaban J connectivity index is 1.92. The van der Waals surface area contributed by atoms with Crippen LogP contribution in [0.15, 0.2) is 18.2 Å². The van der Waals surface area contributed by atoms with Gasteiger partial charge < -0.3 is 5.11 Å². The lowest BCUT2D eigenvalue weighted by molar-refractivity contribution is -0.143. The van der Waals surface area contributed by atoms with Crippen molar-refractivity contribution in [2.24, 2.45) is 0 Å². The van der Waals surface area contributed by atoms with Gasteiger partial charge in [0.25, 0.3) is 0 Å². The van der Waals surface area contributed by atoms with Gasteiger partial charge in [-0.05, 0) is 24.6 Å². The van der Waals surface area contributed by atoms with Gasteiger partial charge in [0.15, 0.2) is 0 Å². The minimum absolute atomic E-state index is 0.439. The van der Waals surface area contributed by atoms with Crippen molar-refractivity contribution < 1.29 is 9.90 Å². The number of rotatable bonds is 4. The molecule has 1 saturated heterocycles. The van der Waals surface area contributed by atoms with Crippen molar-refractivity contribution in [1.82, 2.24) is 9.80 Å². The van der Waals surface area contributed by atoms with Crippen LogP contribution in [0.5, 0.6) is 0 Å². The lowest BCUT2D eigenvalue weighted by atomic mass is 10.1. The summed E-state index contributed by atoms with van der Waals surface area (Å²) in [6.07, 6.45) is 0. The maximum atomic E-state index is 11.0. The van der Waals surface area contributed by atoms with Gasteiger partial charge >= 0.3 is 5.97 Å². The first-order chi connectivity index (χ1) is 10.0. The molecule has 1 N–H and O–H groups in total. The first-order valence-corrected chi connectivity index (χ1v) is 7.27. The Morgan fingerprint density at radius 3 is 2.62 bits per heavy atom. The van der Waals surface area contributed by atoms with E-state index in [-0.39, 0.29) is 0 Å². The summed E-state index contributed by atoms with van der Waals surface area (Å²) in [5.74, 6) is -0.779. The number of carboxylic acid groups (broad SMARTS) is 1. The van der Waals surface area contributed by atoms with Crippen LogP contribution in [0.1, 0.15) is 18.1 Å². The summed E-state index contributed by atoms with van der Waals surface area (Å²) in [6.45, 7) is 5.54. The first-order valence-electron chi connectivity index (χ1n) is 6.89. The van der Waals surface area contributed by atoms with Crippen LogP contribution in [0.2, 0.25) is 5.02 Å². The molecule has 0 saturated carbocycles. The molecule has 112 valence electrons. The minimum atomic E-state index is -0.779. The molecule has 1 aliphatic rings. The number of aliphatic carboxylic acids is 1. The fraction of sp³-hybridized carbons (Fsp3) is 0.467. The van der Waals surface area contributed by atoms with Gasteiger partial charge in [-0.1, -0.05) is 17.7 Å². The fourth-order valence-corrected chi connectivity index (χ4v) is 2.69. The van der Waals surface area contributed by atoms with Gasteiger partial charge in [0.1, 0.15) is 6.04 Å². The van der Waals surface area contributed by atoms with Crippen LogP contribution < -0.4 is 0 Å². The summed E-state index contributed by atoms with van der Waals surface area (Å²) in [5.41, 5.74) is 1.55. The molecule has 1 atom stereocenters. The number of carboxylic acids is 1. The Kier molecular flexibility index (Phi) is 5.18. The molecule has 0 spiro atoms. The summed E-state index contributed by atoms with van der Waals surface area (Å²) in [7, 11) is 0. The molecule has 1 heterocycles. The molecule has 0 radical (unpaired) electrons. The van der Waals surface area contributed by atoms with Crippen molar-refractivity contribution in [2.75, 3.05) is 26.2 Å². The van der Waals surface area contributed by atoms with Crippen molar-refractivity contribution in [3.8, 4) is 6.07 Å². The zero-order valence-electron chi connectivity index (χ0n) is 11.9. The third-order valence-electron chi connectivity index (χ3n) is 3.89. The monoisotopic (exact) mass is 307 g/mol. The zero-order chi connectivity index (χ0) is 15.4. The van der Waals surface area contributed by atoms with E-state index in [9.17, 15) is 4.79 Å². The van der Waals surface area contributed by atoms with Gasteiger partial charge in [0.2, 0.25) is 0 Å². The lowest BCUT2D eigenvalue weighted by Crippen LogP contribution is -2.51. The smallest absolute Gasteiger partial charge is 0.320 e. The molecule has 1 aliphatic heterocycles. The quantitative estimate of drug-likeness (QED) is 0.918. The first kappa shape index (κ1) is 15.8. The predicted octanol–water partition coefficient (Wildman–Crippen LogP) is 1.80. The number of benzene rings is 1. The zero-order valence-corrected chi connectivity index (χ0v) is 12.7. The topological polar surface area (TPSA) is 67.6 Å². The maximum absolute atomic E-state index is 11.0. The van der Waals surface area contributed by atoms with Gasteiger partial charge in [-0.25, -0.2) is 0 Å². The van der Waals surface area contributed by atoms with Gasteiger partial charge in [-0.15, -0.1) is 0 Å². The van der Waals surface area contributed by atoms with Crippen LogP contribution in [0.4, 0.5) is 0 Å². The second-order valence-corrected chi connectivity index (χ2v) is 5.65. The predicted molar refractivity (Wildman–Crippen MR) is 80.1 cm³/mol. The average molecular weight is 308 g/mol. The van der Waals surface area contributed by atoms with Crippen LogP contribution in [-0.4, -0.2) is 53.1 Å². The van der Waals surface area contributed by atoms with E-state index < -0.39 is 12.0 Å². The van der Waals surface area contributed by atoms with E-state index in [1.807, 2.05) is 11.0 Å². The van der Waals surface area contributed by atoms with Crippen molar-refractivity contribution in [1.29, 1.82) is 5.26 Å². The Labute approximate surface area is 129 Å². The Hall–Kier alpha value is -1.61. The van der Waals surface area contributed by atoms with Gasteiger partial charge in [0.05, 0.1) is 11.6 Å². The molecule has 1 fully saturated rings. The summed E-state index contributed by atoms with van der Waals surface area (Å²) in [4.78, 5) is 15.2. The Morgan fingerprint density at radius 1 is 1.43 bits per heavy atom. The highest BCUT2D eigenvalue weighted by molar-refractivity contribution is 6.31. The summed E-state index contributed by atoms with van der Waals surface area (Å²) >= 11 is 6.18. The van der Waals surface area contributed by atoms with Gasteiger partial charge in [0, 0.05) is 37.7 Å². The number of hydrogen-bond donors (Lipinski definition) is 1. The Morgan fingerprint density at radius 2 is 2.10 bits per heavy atom. The molecule has 5 nitrogen and oxygen atoms in total. The van der Waals surface area contributed by atoms with Crippen molar-refractivity contribution in [2.45, 2.75) is 19.5 Å². The van der Waals surface area contributed by atoms with Gasteiger partial charge in [-0.3, -0.25) is 14.6 Å². The van der Waals surface area contributed by atoms with Crippen LogP contribution in [0.25, 0.3) is 0 Å². The molecule has 1 aromatic carbocycles. The van der Waals surface area contributed by atoms with Crippen molar-refractivity contribution in [3.63, 3.8) is 0 Å². The molecule has 0 amide bonds. The van der Waals surface area contributed by atoms with E-state index in [1.54, 1.807) is 19.1 Å². The summed E-state index contributed by atoms with van der Waals surface area (Å²) in [5, 5.41) is 18.5. The maximum Gasteiger partial charge on any atom is 0.320 e. The van der Waals surface area contributed by atoms with Crippen molar-refractivity contribution >= 4 is 17.6 Å². The summed E-state index contributed by atoms with van der Waals surface area (Å²) in [6, 6.07) is 6.96. The number of nitriles is 1. The number of hydrogen-bond acceptors (Lipinski definition) is 4. The molecular formula is C15H18ClN3O2. The van der Waals surface area contributed by atoms with Crippen LogP contribution in [0.3, 0.4) is 0 Å². The van der Waals surface area contributed by atoms with Crippen molar-refractivity contribution in [3.05, 3.63) is 34.3 Å². The third-order valence-corrected chi connectivity index (χ3v) is 4.24. The van der Waals surface area contributed by atoms with Crippen LogP contribution in [-0.2, 0) is 11.3 Å². The van der Waals surface area contributed by atoms with E-state index in [4.69, 9.17) is 22.0 Å². The molecule has 0 aromatic heterocycles. The number of carbonyl (C=O) groups is 1. The molecule has 0 aliphatic carbocycles. The van der Waals surface area contributed by atoms with E-state index >= 15 is 0 Å². The molecular weight excluding hydrogens is 290 g/mol. The average Bonchev–Trinajstić information content (AvgIpc) is 2.49. The second kappa shape index (κ2) is 6.90. The van der Waals surface area contributed by atoms with E-state index in [0.717, 1.165) is 38.3 Å². The Bertz CT molecular complexity index is 563. The molecule has 2 rings (SSSR count). The van der Waals surface area contributed by atoms with E-state index in [1.165, 1.54) is 0 Å². The van der Waals surface area contributed by atoms with E-state index in [0.29, 0.717) is 10.6 Å². The van der Waals surface area contributed by atoms with E-state index in [2.05, 4.69) is 11.0 Å². The standard InChI is InChI=1S/C15H18ClN3O2/c1-11(15(20)21)19-6-4-18(5-7-19)10-13-3-2-12(9-17)8-14(13)16/h2-3,8,11H,4-7,10H2,1H3,(H,20,21). The molecule has 1 unspecified atom stereocenters. The second-order valence-electron chi connectivity index (χ2n) is 5.24. The number of nitrogens with zero attached hydrogens (tertiary/aromatic N) is 3. The highest BCUT2D eigenvalue weighted by Crippen LogP contribution is 2.20.